The molecule has 0 unspecified atom stereocenters. The van der Waals surface area contributed by atoms with E-state index in [4.69, 9.17) is 4.74 Å². The molecule has 0 aromatic heterocycles. The van der Waals surface area contributed by atoms with Gasteiger partial charge in [-0.25, -0.2) is 0 Å². The molecule has 4 heteroatoms. The van der Waals surface area contributed by atoms with E-state index < -0.39 is 0 Å². The van der Waals surface area contributed by atoms with E-state index in [0.717, 1.165) is 5.56 Å². The monoisotopic (exact) mass is 325 g/mol. The number of fused-ring (bicyclic) bond motifs is 1. The van der Waals surface area contributed by atoms with Crippen LogP contribution in [0.4, 0.5) is 0 Å². The SMILES string of the molecule is COc1cc(O)c(C(=O)N2Cc3ccc(C)cc3C2)cc1C(C)C. The van der Waals surface area contributed by atoms with Crippen molar-refractivity contribution in [3.05, 3.63) is 58.1 Å². The Morgan fingerprint density at radius 3 is 2.54 bits per heavy atom. The van der Waals surface area contributed by atoms with Gasteiger partial charge in [0.2, 0.25) is 0 Å². The second-order valence-electron chi connectivity index (χ2n) is 6.70. The Labute approximate surface area is 142 Å². The number of methoxy groups -OCH3 is 1. The largest absolute Gasteiger partial charge is 0.507 e. The van der Waals surface area contributed by atoms with Crippen LogP contribution in [0.1, 0.15) is 52.4 Å². The first kappa shape index (κ1) is 16.4. The smallest absolute Gasteiger partial charge is 0.258 e. The van der Waals surface area contributed by atoms with Gasteiger partial charge in [-0.1, -0.05) is 37.6 Å². The highest BCUT2D eigenvalue weighted by Crippen LogP contribution is 2.35. The minimum absolute atomic E-state index is 0.0339. The van der Waals surface area contributed by atoms with Crippen LogP contribution in [-0.2, 0) is 13.1 Å². The lowest BCUT2D eigenvalue weighted by molar-refractivity contribution is 0.0748. The topological polar surface area (TPSA) is 49.8 Å². The lowest BCUT2D eigenvalue weighted by Gasteiger charge is -2.19. The van der Waals surface area contributed by atoms with Crippen molar-refractivity contribution in [1.82, 2.24) is 4.90 Å². The lowest BCUT2D eigenvalue weighted by atomic mass is 9.98. The number of hydrogen-bond acceptors (Lipinski definition) is 3. The lowest BCUT2D eigenvalue weighted by Crippen LogP contribution is -2.25. The molecular formula is C20H23NO3. The second-order valence-corrected chi connectivity index (χ2v) is 6.70. The molecular weight excluding hydrogens is 302 g/mol. The number of aromatic hydroxyl groups is 1. The number of phenols is 1. The summed E-state index contributed by atoms with van der Waals surface area (Å²) in [7, 11) is 1.57. The molecule has 0 atom stereocenters. The number of aryl methyl sites for hydroxylation is 1. The molecule has 4 nitrogen and oxygen atoms in total. The van der Waals surface area contributed by atoms with Gasteiger partial charge in [0.1, 0.15) is 11.5 Å². The summed E-state index contributed by atoms with van der Waals surface area (Å²) in [5, 5.41) is 10.3. The van der Waals surface area contributed by atoms with E-state index in [1.807, 2.05) is 13.8 Å². The zero-order valence-corrected chi connectivity index (χ0v) is 14.6. The predicted octanol–water partition coefficient (Wildman–Crippen LogP) is 3.99. The zero-order valence-electron chi connectivity index (χ0n) is 14.6. The minimum atomic E-state index is -0.147. The maximum absolute atomic E-state index is 12.9. The highest BCUT2D eigenvalue weighted by atomic mass is 16.5. The predicted molar refractivity (Wildman–Crippen MR) is 93.5 cm³/mol. The van der Waals surface area contributed by atoms with Crippen LogP contribution >= 0.6 is 0 Å². The summed E-state index contributed by atoms with van der Waals surface area (Å²) >= 11 is 0. The van der Waals surface area contributed by atoms with Gasteiger partial charge < -0.3 is 14.7 Å². The average molecular weight is 325 g/mol. The van der Waals surface area contributed by atoms with Crippen LogP contribution in [-0.4, -0.2) is 23.0 Å². The molecule has 0 aliphatic carbocycles. The van der Waals surface area contributed by atoms with Gasteiger partial charge >= 0.3 is 0 Å². The molecule has 1 aliphatic heterocycles. The fourth-order valence-corrected chi connectivity index (χ4v) is 3.22. The fraction of sp³-hybridized carbons (Fsp3) is 0.350. The molecule has 1 amide bonds. The number of hydrogen-bond donors (Lipinski definition) is 1. The molecule has 3 rings (SSSR count). The molecule has 126 valence electrons. The first-order valence-corrected chi connectivity index (χ1v) is 8.19. The fourth-order valence-electron chi connectivity index (χ4n) is 3.22. The van der Waals surface area contributed by atoms with Gasteiger partial charge in [-0.05, 0) is 35.6 Å². The zero-order chi connectivity index (χ0) is 17.4. The number of rotatable bonds is 3. The molecule has 24 heavy (non-hydrogen) atoms. The normalized spacial score (nSPS) is 13.3. The van der Waals surface area contributed by atoms with Gasteiger partial charge in [-0.15, -0.1) is 0 Å². The first-order chi connectivity index (χ1) is 11.4. The molecule has 0 saturated carbocycles. The Bertz CT molecular complexity index is 796. The van der Waals surface area contributed by atoms with E-state index in [9.17, 15) is 9.90 Å². The number of benzene rings is 2. The maximum atomic E-state index is 12.9. The van der Waals surface area contributed by atoms with Crippen LogP contribution in [0.5, 0.6) is 11.5 Å². The summed E-state index contributed by atoms with van der Waals surface area (Å²) in [4.78, 5) is 14.7. The van der Waals surface area contributed by atoms with Gasteiger partial charge in [0, 0.05) is 19.2 Å². The van der Waals surface area contributed by atoms with Gasteiger partial charge in [0.05, 0.1) is 12.7 Å². The Morgan fingerprint density at radius 1 is 1.17 bits per heavy atom. The van der Waals surface area contributed by atoms with Crippen LogP contribution < -0.4 is 4.74 Å². The van der Waals surface area contributed by atoms with Crippen LogP contribution in [0.2, 0.25) is 0 Å². The second kappa shape index (κ2) is 6.19. The first-order valence-electron chi connectivity index (χ1n) is 8.19. The number of nitrogens with zero attached hydrogens (tertiary/aromatic N) is 1. The van der Waals surface area contributed by atoms with Crippen molar-refractivity contribution < 1.29 is 14.6 Å². The Kier molecular flexibility index (Phi) is 4.22. The molecule has 0 bridgehead atoms. The molecule has 1 heterocycles. The molecule has 0 radical (unpaired) electrons. The quantitative estimate of drug-likeness (QED) is 0.928. The van der Waals surface area contributed by atoms with Crippen molar-refractivity contribution in [2.24, 2.45) is 0 Å². The summed E-state index contributed by atoms with van der Waals surface area (Å²) in [6.45, 7) is 7.29. The third-order valence-corrected chi connectivity index (χ3v) is 4.57. The van der Waals surface area contributed by atoms with Gasteiger partial charge in [0.25, 0.3) is 5.91 Å². The van der Waals surface area contributed by atoms with Crippen molar-refractivity contribution >= 4 is 5.91 Å². The van der Waals surface area contributed by atoms with Gasteiger partial charge in [-0.3, -0.25) is 4.79 Å². The molecule has 1 aliphatic rings. The molecule has 2 aromatic rings. The number of amides is 1. The Morgan fingerprint density at radius 2 is 1.88 bits per heavy atom. The minimum Gasteiger partial charge on any atom is -0.507 e. The number of carbonyl (C=O) groups excluding carboxylic acids is 1. The standard InChI is InChI=1S/C20H23NO3/c1-12(2)16-8-17(18(22)9-19(16)24-4)20(23)21-10-14-6-5-13(3)7-15(14)11-21/h5-9,12,22H,10-11H2,1-4H3. The van der Waals surface area contributed by atoms with Crippen molar-refractivity contribution in [2.45, 2.75) is 39.8 Å². The van der Waals surface area contributed by atoms with Crippen molar-refractivity contribution in [3.63, 3.8) is 0 Å². The highest BCUT2D eigenvalue weighted by molar-refractivity contribution is 5.97. The number of ether oxygens (including phenoxy) is 1. The molecule has 1 N–H and O–H groups in total. The van der Waals surface area contributed by atoms with Gasteiger partial charge in [-0.2, -0.15) is 0 Å². The van der Waals surface area contributed by atoms with E-state index in [1.54, 1.807) is 18.1 Å². The van der Waals surface area contributed by atoms with E-state index in [0.29, 0.717) is 24.4 Å². The summed E-state index contributed by atoms with van der Waals surface area (Å²) < 4.78 is 5.33. The van der Waals surface area contributed by atoms with Crippen LogP contribution in [0.25, 0.3) is 0 Å². The Balaban J connectivity index is 1.93. The van der Waals surface area contributed by atoms with E-state index >= 15 is 0 Å². The molecule has 2 aromatic carbocycles. The third kappa shape index (κ3) is 2.84. The van der Waals surface area contributed by atoms with E-state index in [2.05, 4.69) is 25.1 Å². The van der Waals surface area contributed by atoms with Crippen molar-refractivity contribution in [1.29, 1.82) is 0 Å². The average Bonchev–Trinajstić information content (AvgIpc) is 2.96. The van der Waals surface area contributed by atoms with Crippen molar-refractivity contribution in [2.75, 3.05) is 7.11 Å². The van der Waals surface area contributed by atoms with E-state index in [1.165, 1.54) is 22.8 Å². The number of carbonyl (C=O) groups is 1. The van der Waals surface area contributed by atoms with Crippen LogP contribution in [0.15, 0.2) is 30.3 Å². The molecule has 0 fully saturated rings. The number of phenolic OH excluding ortho intramolecular Hbond substituents is 1. The molecule has 0 spiro atoms. The summed E-state index contributed by atoms with van der Waals surface area (Å²) in [6.07, 6.45) is 0. The summed E-state index contributed by atoms with van der Waals surface area (Å²) in [5.41, 5.74) is 4.80. The van der Waals surface area contributed by atoms with E-state index in [-0.39, 0.29) is 17.6 Å². The maximum Gasteiger partial charge on any atom is 0.258 e. The van der Waals surface area contributed by atoms with Crippen LogP contribution in [0.3, 0.4) is 0 Å². The van der Waals surface area contributed by atoms with Crippen molar-refractivity contribution in [3.8, 4) is 11.5 Å². The third-order valence-electron chi connectivity index (χ3n) is 4.57. The highest BCUT2D eigenvalue weighted by Gasteiger charge is 2.27. The summed E-state index contributed by atoms with van der Waals surface area (Å²) in [6, 6.07) is 9.56. The van der Waals surface area contributed by atoms with Gasteiger partial charge in [0.15, 0.2) is 0 Å². The summed E-state index contributed by atoms with van der Waals surface area (Å²) in [5.74, 6) is 0.629. The van der Waals surface area contributed by atoms with Crippen LogP contribution in [0, 0.1) is 6.92 Å². The Hall–Kier alpha value is -2.49. The molecule has 0 saturated heterocycles.